The summed E-state index contributed by atoms with van der Waals surface area (Å²) in [4.78, 5) is 24.5. The Hall–Kier alpha value is -1.91. The van der Waals surface area contributed by atoms with Gasteiger partial charge in [0.05, 0.1) is 11.1 Å². The van der Waals surface area contributed by atoms with Crippen LogP contribution in [0.4, 0.5) is 4.39 Å². The third-order valence-electron chi connectivity index (χ3n) is 2.62. The fourth-order valence-corrected chi connectivity index (χ4v) is 1.60. The minimum atomic E-state index is -0.789. The maximum Gasteiger partial charge on any atom is 0.254 e. The molecular weight excluding hydrogens is 211 g/mol. The van der Waals surface area contributed by atoms with E-state index in [-0.39, 0.29) is 17.0 Å². The molecule has 0 bridgehead atoms. The number of nitrogens with two attached hydrogens (primary N) is 1. The topological polar surface area (TPSA) is 63.4 Å². The number of halogens is 1. The Morgan fingerprint density at radius 2 is 1.94 bits per heavy atom. The summed E-state index contributed by atoms with van der Waals surface area (Å²) in [5.41, 5.74) is 5.22. The normalized spacial score (nSPS) is 14.4. The highest BCUT2D eigenvalue weighted by molar-refractivity contribution is 6.06. The van der Waals surface area contributed by atoms with Crippen molar-refractivity contribution >= 4 is 11.8 Å². The Labute approximate surface area is 91.8 Å². The van der Waals surface area contributed by atoms with Crippen LogP contribution in [-0.2, 0) is 0 Å². The lowest BCUT2D eigenvalue weighted by atomic mass is 10.0. The molecule has 5 heteroatoms. The number of rotatable bonds is 2. The minimum absolute atomic E-state index is 0.0584. The summed E-state index contributed by atoms with van der Waals surface area (Å²) in [6.45, 7) is 1.35. The Morgan fingerprint density at radius 3 is 2.44 bits per heavy atom. The maximum atomic E-state index is 12.9. The van der Waals surface area contributed by atoms with Gasteiger partial charge in [-0.1, -0.05) is 0 Å². The predicted octanol–water partition coefficient (Wildman–Crippen LogP) is 0.770. The van der Waals surface area contributed by atoms with Crippen LogP contribution in [0.25, 0.3) is 0 Å². The van der Waals surface area contributed by atoms with Gasteiger partial charge in [-0.15, -0.1) is 0 Å². The quantitative estimate of drug-likeness (QED) is 0.803. The van der Waals surface area contributed by atoms with E-state index in [1.165, 1.54) is 6.07 Å². The summed E-state index contributed by atoms with van der Waals surface area (Å²) < 4.78 is 12.9. The molecule has 4 nitrogen and oxygen atoms in total. The predicted molar refractivity (Wildman–Crippen MR) is 55.4 cm³/mol. The number of primary amides is 1. The van der Waals surface area contributed by atoms with Crippen molar-refractivity contribution in [3.63, 3.8) is 0 Å². The van der Waals surface area contributed by atoms with Gasteiger partial charge in [0.25, 0.3) is 5.91 Å². The van der Waals surface area contributed by atoms with E-state index in [2.05, 4.69) is 0 Å². The summed E-state index contributed by atoms with van der Waals surface area (Å²) in [6, 6.07) is 3.45. The van der Waals surface area contributed by atoms with Gasteiger partial charge in [0.15, 0.2) is 0 Å². The molecule has 0 unspecified atom stereocenters. The van der Waals surface area contributed by atoms with Gasteiger partial charge in [0.1, 0.15) is 5.82 Å². The highest BCUT2D eigenvalue weighted by Crippen LogP contribution is 2.17. The average molecular weight is 222 g/mol. The van der Waals surface area contributed by atoms with Gasteiger partial charge in [-0.25, -0.2) is 4.39 Å². The number of likely N-dealkylation sites (tertiary alicyclic amines) is 1. The van der Waals surface area contributed by atoms with Gasteiger partial charge in [0, 0.05) is 13.1 Å². The summed E-state index contributed by atoms with van der Waals surface area (Å²) in [7, 11) is 0. The monoisotopic (exact) mass is 222 g/mol. The summed E-state index contributed by atoms with van der Waals surface area (Å²) in [5, 5.41) is 0. The van der Waals surface area contributed by atoms with Crippen LogP contribution in [0, 0.1) is 5.82 Å². The van der Waals surface area contributed by atoms with E-state index in [4.69, 9.17) is 5.73 Å². The molecule has 16 heavy (non-hydrogen) atoms. The van der Waals surface area contributed by atoms with Gasteiger partial charge >= 0.3 is 0 Å². The van der Waals surface area contributed by atoms with Crippen molar-refractivity contribution in [2.24, 2.45) is 5.73 Å². The first-order valence-corrected chi connectivity index (χ1v) is 4.98. The number of amides is 2. The number of carbonyl (C=O) groups excluding carboxylic acids is 2. The molecule has 2 rings (SSSR count). The van der Waals surface area contributed by atoms with Crippen molar-refractivity contribution in [2.45, 2.75) is 6.42 Å². The number of benzene rings is 1. The fraction of sp³-hybridized carbons (Fsp3) is 0.273. The van der Waals surface area contributed by atoms with Gasteiger partial charge in [-0.2, -0.15) is 0 Å². The van der Waals surface area contributed by atoms with E-state index in [1.807, 2.05) is 0 Å². The first-order chi connectivity index (χ1) is 7.59. The summed E-state index contributed by atoms with van der Waals surface area (Å²) in [5.74, 6) is -1.63. The van der Waals surface area contributed by atoms with Gasteiger partial charge < -0.3 is 10.6 Å². The Balaban J connectivity index is 2.38. The van der Waals surface area contributed by atoms with Crippen LogP contribution in [0.2, 0.25) is 0 Å². The Bertz CT molecular complexity index is 455. The molecule has 2 amide bonds. The molecule has 1 aliphatic rings. The van der Waals surface area contributed by atoms with E-state index in [0.29, 0.717) is 13.1 Å². The minimum Gasteiger partial charge on any atom is -0.366 e. The van der Waals surface area contributed by atoms with Crippen LogP contribution in [0.1, 0.15) is 27.1 Å². The second kappa shape index (κ2) is 3.92. The van der Waals surface area contributed by atoms with Crippen LogP contribution in [-0.4, -0.2) is 29.8 Å². The lowest BCUT2D eigenvalue weighted by molar-refractivity contribution is 0.0648. The van der Waals surface area contributed by atoms with E-state index in [1.54, 1.807) is 4.90 Å². The van der Waals surface area contributed by atoms with Crippen LogP contribution in [0.15, 0.2) is 18.2 Å². The first kappa shape index (κ1) is 10.6. The SMILES string of the molecule is NC(=O)c1cc(F)ccc1C(=O)N1CCC1. The summed E-state index contributed by atoms with van der Waals surface area (Å²) in [6.07, 6.45) is 0.957. The van der Waals surface area contributed by atoms with E-state index < -0.39 is 11.7 Å². The molecule has 0 aromatic heterocycles. The van der Waals surface area contributed by atoms with Crippen molar-refractivity contribution in [1.82, 2.24) is 4.90 Å². The molecule has 0 atom stereocenters. The molecule has 0 aliphatic carbocycles. The van der Waals surface area contributed by atoms with Gasteiger partial charge in [-0.3, -0.25) is 9.59 Å². The molecule has 0 spiro atoms. The van der Waals surface area contributed by atoms with Crippen molar-refractivity contribution in [1.29, 1.82) is 0 Å². The van der Waals surface area contributed by atoms with Crippen LogP contribution in [0.3, 0.4) is 0 Å². The van der Waals surface area contributed by atoms with E-state index in [0.717, 1.165) is 18.6 Å². The molecule has 1 saturated heterocycles. The Kier molecular flexibility index (Phi) is 2.60. The molecule has 1 fully saturated rings. The van der Waals surface area contributed by atoms with Crippen molar-refractivity contribution in [2.75, 3.05) is 13.1 Å². The van der Waals surface area contributed by atoms with E-state index in [9.17, 15) is 14.0 Å². The second-order valence-electron chi connectivity index (χ2n) is 3.70. The number of carbonyl (C=O) groups is 2. The van der Waals surface area contributed by atoms with E-state index >= 15 is 0 Å². The van der Waals surface area contributed by atoms with Crippen molar-refractivity contribution < 1.29 is 14.0 Å². The lowest BCUT2D eigenvalue weighted by Crippen LogP contribution is -2.42. The average Bonchev–Trinajstić information content (AvgIpc) is 2.14. The fourth-order valence-electron chi connectivity index (χ4n) is 1.60. The zero-order valence-electron chi connectivity index (χ0n) is 8.57. The van der Waals surface area contributed by atoms with Gasteiger partial charge in [-0.05, 0) is 24.6 Å². The highest BCUT2D eigenvalue weighted by Gasteiger charge is 2.25. The maximum absolute atomic E-state index is 12.9. The molecule has 1 aromatic carbocycles. The zero-order valence-corrected chi connectivity index (χ0v) is 8.57. The number of hydrogen-bond donors (Lipinski definition) is 1. The first-order valence-electron chi connectivity index (χ1n) is 4.98. The second-order valence-corrected chi connectivity index (χ2v) is 3.70. The summed E-state index contributed by atoms with van der Waals surface area (Å²) >= 11 is 0. The van der Waals surface area contributed by atoms with Crippen LogP contribution >= 0.6 is 0 Å². The molecular formula is C11H11FN2O2. The third kappa shape index (κ3) is 1.76. The molecule has 0 radical (unpaired) electrons. The smallest absolute Gasteiger partial charge is 0.254 e. The Morgan fingerprint density at radius 1 is 1.25 bits per heavy atom. The standard InChI is InChI=1S/C11H11FN2O2/c12-7-2-3-8(9(6-7)10(13)15)11(16)14-4-1-5-14/h2-3,6H,1,4-5H2,(H2,13,15). The molecule has 0 saturated carbocycles. The molecule has 84 valence electrons. The largest absolute Gasteiger partial charge is 0.366 e. The van der Waals surface area contributed by atoms with Gasteiger partial charge in [0.2, 0.25) is 5.91 Å². The molecule has 2 N–H and O–H groups in total. The van der Waals surface area contributed by atoms with Crippen LogP contribution < -0.4 is 5.73 Å². The highest BCUT2D eigenvalue weighted by atomic mass is 19.1. The molecule has 1 aromatic rings. The number of hydrogen-bond acceptors (Lipinski definition) is 2. The zero-order chi connectivity index (χ0) is 11.7. The lowest BCUT2D eigenvalue weighted by Gasteiger charge is -2.31. The van der Waals surface area contributed by atoms with Crippen LogP contribution in [0.5, 0.6) is 0 Å². The number of nitrogens with zero attached hydrogens (tertiary/aromatic N) is 1. The van der Waals surface area contributed by atoms with Crippen molar-refractivity contribution in [3.05, 3.63) is 35.1 Å². The molecule has 1 aliphatic heterocycles. The third-order valence-corrected chi connectivity index (χ3v) is 2.62. The van der Waals surface area contributed by atoms with Crippen molar-refractivity contribution in [3.8, 4) is 0 Å². The molecule has 1 heterocycles.